The number of esters is 2. The molecular weight excluding hydrogens is 300 g/mol. The van der Waals surface area contributed by atoms with E-state index in [2.05, 4.69) is 0 Å². The highest BCUT2D eigenvalue weighted by Crippen LogP contribution is 2.26. The van der Waals surface area contributed by atoms with Crippen molar-refractivity contribution >= 4 is 18.0 Å². The van der Waals surface area contributed by atoms with Gasteiger partial charge in [-0.15, -0.1) is 0 Å². The van der Waals surface area contributed by atoms with E-state index in [-0.39, 0.29) is 5.57 Å². The molecule has 6 heteroatoms. The number of rotatable bonds is 5. The van der Waals surface area contributed by atoms with Gasteiger partial charge in [-0.05, 0) is 30.7 Å². The Morgan fingerprint density at radius 1 is 1.17 bits per heavy atom. The lowest BCUT2D eigenvalue weighted by molar-refractivity contribution is -0.222. The standard InChI is InChI=1S/C17H20O6/c1-5-21-10-12-8-11(6-7-14(12)20-4)9-13-15(18)22-17(2,3)23-16(13)19/h6-9H,5,10H2,1-4H3. The first kappa shape index (κ1) is 17.0. The second-order valence-electron chi connectivity index (χ2n) is 5.45. The summed E-state index contributed by atoms with van der Waals surface area (Å²) in [6.45, 7) is 5.86. The van der Waals surface area contributed by atoms with Crippen LogP contribution in [0.4, 0.5) is 0 Å². The Kier molecular flexibility index (Phi) is 5.05. The van der Waals surface area contributed by atoms with Crippen molar-refractivity contribution in [2.24, 2.45) is 0 Å². The zero-order chi connectivity index (χ0) is 17.0. The monoisotopic (exact) mass is 320 g/mol. The predicted molar refractivity (Wildman–Crippen MR) is 82.6 cm³/mol. The largest absolute Gasteiger partial charge is 0.496 e. The first-order valence-corrected chi connectivity index (χ1v) is 7.29. The molecule has 124 valence electrons. The normalized spacial score (nSPS) is 16.6. The van der Waals surface area contributed by atoms with Crippen molar-refractivity contribution in [1.82, 2.24) is 0 Å². The molecule has 0 unspecified atom stereocenters. The second kappa shape index (κ2) is 6.83. The van der Waals surface area contributed by atoms with Gasteiger partial charge >= 0.3 is 11.9 Å². The summed E-state index contributed by atoms with van der Waals surface area (Å²) < 4.78 is 20.8. The number of hydrogen-bond donors (Lipinski definition) is 0. The van der Waals surface area contributed by atoms with Crippen LogP contribution in [-0.2, 0) is 30.4 Å². The minimum absolute atomic E-state index is 0.142. The molecule has 0 bridgehead atoms. The molecule has 6 nitrogen and oxygen atoms in total. The highest BCUT2D eigenvalue weighted by molar-refractivity contribution is 6.18. The highest BCUT2D eigenvalue weighted by Gasteiger charge is 2.38. The van der Waals surface area contributed by atoms with Gasteiger partial charge in [-0.2, -0.15) is 0 Å². The molecular formula is C17H20O6. The van der Waals surface area contributed by atoms with Crippen molar-refractivity contribution in [1.29, 1.82) is 0 Å². The molecule has 1 aliphatic rings. The van der Waals surface area contributed by atoms with Crippen LogP contribution >= 0.6 is 0 Å². The topological polar surface area (TPSA) is 71.1 Å². The van der Waals surface area contributed by atoms with Crippen LogP contribution in [0.5, 0.6) is 5.75 Å². The second-order valence-corrected chi connectivity index (χ2v) is 5.45. The molecule has 0 atom stereocenters. The van der Waals surface area contributed by atoms with E-state index in [1.54, 1.807) is 25.3 Å². The van der Waals surface area contributed by atoms with Gasteiger partial charge in [0, 0.05) is 26.0 Å². The zero-order valence-corrected chi connectivity index (χ0v) is 13.7. The molecule has 0 saturated carbocycles. The molecule has 1 heterocycles. The molecule has 0 radical (unpaired) electrons. The van der Waals surface area contributed by atoms with E-state index in [0.717, 1.165) is 5.56 Å². The van der Waals surface area contributed by atoms with Crippen LogP contribution in [0.15, 0.2) is 23.8 Å². The van der Waals surface area contributed by atoms with Crippen LogP contribution in [0.3, 0.4) is 0 Å². The van der Waals surface area contributed by atoms with Gasteiger partial charge in [0.1, 0.15) is 11.3 Å². The molecule has 0 amide bonds. The SMILES string of the molecule is CCOCc1cc(C=C2C(=O)OC(C)(C)OC2=O)ccc1OC. The summed E-state index contributed by atoms with van der Waals surface area (Å²) in [5, 5.41) is 0. The number of hydrogen-bond acceptors (Lipinski definition) is 6. The van der Waals surface area contributed by atoms with Crippen molar-refractivity contribution in [2.75, 3.05) is 13.7 Å². The summed E-state index contributed by atoms with van der Waals surface area (Å²) in [6, 6.07) is 5.29. The fourth-order valence-corrected chi connectivity index (χ4v) is 2.16. The third kappa shape index (κ3) is 4.10. The minimum atomic E-state index is -1.24. The van der Waals surface area contributed by atoms with E-state index in [9.17, 15) is 9.59 Å². The van der Waals surface area contributed by atoms with Crippen molar-refractivity contribution in [3.63, 3.8) is 0 Å². The quantitative estimate of drug-likeness (QED) is 0.471. The fourth-order valence-electron chi connectivity index (χ4n) is 2.16. The van der Waals surface area contributed by atoms with Gasteiger partial charge in [0.2, 0.25) is 0 Å². The van der Waals surface area contributed by atoms with Gasteiger partial charge in [-0.1, -0.05) is 6.07 Å². The van der Waals surface area contributed by atoms with Gasteiger partial charge in [0.25, 0.3) is 5.79 Å². The van der Waals surface area contributed by atoms with Crippen molar-refractivity contribution in [3.8, 4) is 5.75 Å². The third-order valence-electron chi connectivity index (χ3n) is 3.19. The summed E-state index contributed by atoms with van der Waals surface area (Å²) in [5.74, 6) is -1.97. The lowest BCUT2D eigenvalue weighted by atomic mass is 10.1. The van der Waals surface area contributed by atoms with Crippen LogP contribution < -0.4 is 4.74 Å². The average molecular weight is 320 g/mol. The molecule has 1 fully saturated rings. The maximum Gasteiger partial charge on any atom is 0.348 e. The molecule has 0 spiro atoms. The fraction of sp³-hybridized carbons (Fsp3) is 0.412. The van der Waals surface area contributed by atoms with Crippen LogP contribution in [-0.4, -0.2) is 31.4 Å². The van der Waals surface area contributed by atoms with E-state index in [1.807, 2.05) is 6.92 Å². The maximum atomic E-state index is 12.0. The Labute approximate surface area is 135 Å². The first-order valence-electron chi connectivity index (χ1n) is 7.29. The summed E-state index contributed by atoms with van der Waals surface area (Å²) >= 11 is 0. The Balaban J connectivity index is 2.31. The molecule has 1 aliphatic heterocycles. The molecule has 1 saturated heterocycles. The maximum absolute atomic E-state index is 12.0. The number of ether oxygens (including phenoxy) is 4. The Morgan fingerprint density at radius 3 is 2.39 bits per heavy atom. The number of carbonyl (C=O) groups excluding carboxylic acids is 2. The molecule has 23 heavy (non-hydrogen) atoms. The summed E-state index contributed by atoms with van der Waals surface area (Å²) in [4.78, 5) is 23.9. The van der Waals surface area contributed by atoms with E-state index in [1.165, 1.54) is 19.9 Å². The molecule has 1 aromatic rings. The number of benzene rings is 1. The van der Waals surface area contributed by atoms with Gasteiger partial charge in [-0.25, -0.2) is 9.59 Å². The van der Waals surface area contributed by atoms with Gasteiger partial charge < -0.3 is 18.9 Å². The third-order valence-corrected chi connectivity index (χ3v) is 3.19. The Bertz CT molecular complexity index is 622. The lowest BCUT2D eigenvalue weighted by Gasteiger charge is -2.29. The predicted octanol–water partition coefficient (Wildman–Crippen LogP) is 2.45. The smallest absolute Gasteiger partial charge is 0.348 e. The van der Waals surface area contributed by atoms with Crippen LogP contribution in [0.25, 0.3) is 6.08 Å². The van der Waals surface area contributed by atoms with E-state index in [0.29, 0.717) is 24.5 Å². The van der Waals surface area contributed by atoms with Crippen molar-refractivity contribution in [2.45, 2.75) is 33.2 Å². The summed E-state index contributed by atoms with van der Waals surface area (Å²) in [7, 11) is 1.57. The molecule has 2 rings (SSSR count). The summed E-state index contributed by atoms with van der Waals surface area (Å²) in [6.07, 6.45) is 1.44. The molecule has 0 aromatic heterocycles. The van der Waals surface area contributed by atoms with Crippen LogP contribution in [0, 0.1) is 0 Å². The summed E-state index contributed by atoms with van der Waals surface area (Å²) in [5.41, 5.74) is 1.34. The van der Waals surface area contributed by atoms with E-state index < -0.39 is 17.7 Å². The Hall–Kier alpha value is -2.34. The highest BCUT2D eigenvalue weighted by atomic mass is 16.7. The number of cyclic esters (lactones) is 2. The number of methoxy groups -OCH3 is 1. The van der Waals surface area contributed by atoms with Crippen molar-refractivity contribution in [3.05, 3.63) is 34.9 Å². The van der Waals surface area contributed by atoms with Crippen LogP contribution in [0.1, 0.15) is 31.9 Å². The van der Waals surface area contributed by atoms with E-state index in [4.69, 9.17) is 18.9 Å². The molecule has 1 aromatic carbocycles. The van der Waals surface area contributed by atoms with Crippen LogP contribution in [0.2, 0.25) is 0 Å². The molecule has 0 aliphatic carbocycles. The van der Waals surface area contributed by atoms with Gasteiger partial charge in [0.05, 0.1) is 13.7 Å². The van der Waals surface area contributed by atoms with Gasteiger partial charge in [-0.3, -0.25) is 0 Å². The number of carbonyl (C=O) groups is 2. The average Bonchev–Trinajstić information content (AvgIpc) is 2.48. The minimum Gasteiger partial charge on any atom is -0.496 e. The van der Waals surface area contributed by atoms with Gasteiger partial charge in [0.15, 0.2) is 0 Å². The first-order chi connectivity index (χ1) is 10.9. The molecule has 0 N–H and O–H groups in total. The van der Waals surface area contributed by atoms with Crippen molar-refractivity contribution < 1.29 is 28.5 Å². The Morgan fingerprint density at radius 2 is 1.83 bits per heavy atom. The zero-order valence-electron chi connectivity index (χ0n) is 13.7. The van der Waals surface area contributed by atoms with E-state index >= 15 is 0 Å². The lowest BCUT2D eigenvalue weighted by Crippen LogP contribution is -2.41.